The molecule has 1 rings (SSSR count). The smallest absolute Gasteiger partial charge is 0.306 e. The molecule has 4 heteroatoms. The van der Waals surface area contributed by atoms with Crippen LogP contribution in [0.5, 0.6) is 0 Å². The highest BCUT2D eigenvalue weighted by Gasteiger charge is 2.14. The van der Waals surface area contributed by atoms with Crippen molar-refractivity contribution in [3.8, 4) is 0 Å². The zero-order chi connectivity index (χ0) is 11.8. The Kier molecular flexibility index (Phi) is 5.90. The van der Waals surface area contributed by atoms with Crippen LogP contribution in [0.3, 0.4) is 0 Å². The number of carboxylic acid groups (broad SMARTS) is 1. The molecule has 0 atom stereocenters. The Morgan fingerprint density at radius 2 is 1.81 bits per heavy atom. The van der Waals surface area contributed by atoms with Crippen LogP contribution >= 0.6 is 0 Å². The molecule has 0 unspecified atom stereocenters. The van der Waals surface area contributed by atoms with Gasteiger partial charge in [0.15, 0.2) is 0 Å². The Hall–Kier alpha value is -1.06. The van der Waals surface area contributed by atoms with E-state index < -0.39 is 11.9 Å². The summed E-state index contributed by atoms with van der Waals surface area (Å²) in [4.78, 5) is 21.3. The van der Waals surface area contributed by atoms with Gasteiger partial charge in [-0.15, -0.1) is 0 Å². The topological polar surface area (TPSA) is 63.6 Å². The van der Waals surface area contributed by atoms with E-state index in [2.05, 4.69) is 0 Å². The lowest BCUT2D eigenvalue weighted by atomic mass is 9.87. The first-order chi connectivity index (χ1) is 7.68. The van der Waals surface area contributed by atoms with Gasteiger partial charge in [-0.25, -0.2) is 0 Å². The second-order valence-electron chi connectivity index (χ2n) is 4.41. The molecule has 0 aromatic carbocycles. The van der Waals surface area contributed by atoms with E-state index in [1.54, 1.807) is 0 Å². The van der Waals surface area contributed by atoms with Gasteiger partial charge in [-0.05, 0) is 12.3 Å². The van der Waals surface area contributed by atoms with Crippen LogP contribution < -0.4 is 0 Å². The van der Waals surface area contributed by atoms with Crippen LogP contribution in [0.15, 0.2) is 0 Å². The lowest BCUT2D eigenvalue weighted by molar-refractivity contribution is -0.148. The van der Waals surface area contributed by atoms with Gasteiger partial charge >= 0.3 is 11.9 Å². The van der Waals surface area contributed by atoms with Crippen molar-refractivity contribution in [2.24, 2.45) is 5.92 Å². The fourth-order valence-electron chi connectivity index (χ4n) is 2.10. The largest absolute Gasteiger partial charge is 0.481 e. The minimum Gasteiger partial charge on any atom is -0.481 e. The number of rotatable bonds is 6. The molecular formula is C12H20O4. The van der Waals surface area contributed by atoms with E-state index in [9.17, 15) is 9.59 Å². The van der Waals surface area contributed by atoms with Gasteiger partial charge in [0.2, 0.25) is 0 Å². The van der Waals surface area contributed by atoms with Crippen LogP contribution in [-0.4, -0.2) is 23.7 Å². The van der Waals surface area contributed by atoms with Crippen molar-refractivity contribution < 1.29 is 19.4 Å². The third-order valence-electron chi connectivity index (χ3n) is 3.06. The third-order valence-corrected chi connectivity index (χ3v) is 3.06. The van der Waals surface area contributed by atoms with Crippen molar-refractivity contribution >= 4 is 11.9 Å². The van der Waals surface area contributed by atoms with E-state index in [1.807, 2.05) is 0 Å². The maximum Gasteiger partial charge on any atom is 0.306 e. The zero-order valence-corrected chi connectivity index (χ0v) is 9.61. The first kappa shape index (κ1) is 13.0. The van der Waals surface area contributed by atoms with Crippen molar-refractivity contribution in [3.63, 3.8) is 0 Å². The first-order valence-corrected chi connectivity index (χ1v) is 6.06. The molecule has 1 aliphatic carbocycles. The summed E-state index contributed by atoms with van der Waals surface area (Å²) in [5.74, 6) is -0.650. The summed E-state index contributed by atoms with van der Waals surface area (Å²) in [7, 11) is 0. The summed E-state index contributed by atoms with van der Waals surface area (Å²) in [6.07, 6.45) is 7.17. The van der Waals surface area contributed by atoms with Crippen LogP contribution in [-0.2, 0) is 14.3 Å². The molecule has 0 bridgehead atoms. The summed E-state index contributed by atoms with van der Waals surface area (Å²) >= 11 is 0. The number of carbonyl (C=O) groups excluding carboxylic acids is 1. The molecule has 1 fully saturated rings. The Bertz CT molecular complexity index is 231. The molecule has 0 heterocycles. The highest BCUT2D eigenvalue weighted by atomic mass is 16.5. The van der Waals surface area contributed by atoms with Crippen LogP contribution in [0.2, 0.25) is 0 Å². The van der Waals surface area contributed by atoms with E-state index in [1.165, 1.54) is 32.1 Å². The van der Waals surface area contributed by atoms with Gasteiger partial charge in [0.05, 0.1) is 19.4 Å². The van der Waals surface area contributed by atoms with Gasteiger partial charge < -0.3 is 9.84 Å². The Morgan fingerprint density at radius 1 is 1.12 bits per heavy atom. The standard InChI is InChI=1S/C12H20O4/c13-11(14)6-7-12(15)16-9-8-10-4-2-1-3-5-10/h10H,1-9H2,(H,13,14). The fraction of sp³-hybridized carbons (Fsp3) is 0.833. The van der Waals surface area contributed by atoms with Crippen LogP contribution in [0.25, 0.3) is 0 Å². The molecule has 1 N–H and O–H groups in total. The van der Waals surface area contributed by atoms with E-state index in [0.717, 1.165) is 6.42 Å². The monoisotopic (exact) mass is 228 g/mol. The highest BCUT2D eigenvalue weighted by Crippen LogP contribution is 2.26. The van der Waals surface area contributed by atoms with Crippen molar-refractivity contribution in [1.82, 2.24) is 0 Å². The quantitative estimate of drug-likeness (QED) is 0.709. The van der Waals surface area contributed by atoms with Crippen molar-refractivity contribution in [2.75, 3.05) is 6.61 Å². The number of hydrogen-bond acceptors (Lipinski definition) is 3. The molecule has 0 spiro atoms. The van der Waals surface area contributed by atoms with Crippen molar-refractivity contribution in [3.05, 3.63) is 0 Å². The van der Waals surface area contributed by atoms with Gasteiger partial charge in [-0.2, -0.15) is 0 Å². The van der Waals surface area contributed by atoms with Crippen molar-refractivity contribution in [2.45, 2.75) is 51.4 Å². The van der Waals surface area contributed by atoms with Crippen LogP contribution in [0, 0.1) is 5.92 Å². The van der Waals surface area contributed by atoms with Crippen LogP contribution in [0.1, 0.15) is 51.4 Å². The molecule has 0 saturated heterocycles. The maximum atomic E-state index is 11.1. The zero-order valence-electron chi connectivity index (χ0n) is 9.61. The summed E-state index contributed by atoms with van der Waals surface area (Å²) < 4.78 is 4.99. The molecular weight excluding hydrogens is 208 g/mol. The molecule has 0 amide bonds. The van der Waals surface area contributed by atoms with Gasteiger partial charge in [0.1, 0.15) is 0 Å². The summed E-state index contributed by atoms with van der Waals surface area (Å²) in [6, 6.07) is 0. The average Bonchev–Trinajstić information content (AvgIpc) is 2.28. The SMILES string of the molecule is O=C(O)CCC(=O)OCCC1CCCCC1. The number of ether oxygens (including phenoxy) is 1. The van der Waals surface area contributed by atoms with Gasteiger partial charge in [-0.1, -0.05) is 32.1 Å². The maximum absolute atomic E-state index is 11.1. The van der Waals surface area contributed by atoms with E-state index in [0.29, 0.717) is 12.5 Å². The second-order valence-corrected chi connectivity index (χ2v) is 4.41. The molecule has 4 nitrogen and oxygen atoms in total. The van der Waals surface area contributed by atoms with Gasteiger partial charge in [0, 0.05) is 0 Å². The number of hydrogen-bond donors (Lipinski definition) is 1. The number of esters is 1. The van der Waals surface area contributed by atoms with Crippen molar-refractivity contribution in [1.29, 1.82) is 0 Å². The van der Waals surface area contributed by atoms with Crippen LogP contribution in [0.4, 0.5) is 0 Å². The summed E-state index contributed by atoms with van der Waals surface area (Å²) in [6.45, 7) is 0.448. The Balaban J connectivity index is 2.01. The molecule has 0 aromatic heterocycles. The predicted molar refractivity (Wildman–Crippen MR) is 59.0 cm³/mol. The summed E-state index contributed by atoms with van der Waals surface area (Å²) in [5, 5.41) is 8.38. The van der Waals surface area contributed by atoms with E-state index in [-0.39, 0.29) is 12.8 Å². The van der Waals surface area contributed by atoms with Gasteiger partial charge in [0.25, 0.3) is 0 Å². The Labute approximate surface area is 96.0 Å². The number of carbonyl (C=O) groups is 2. The Morgan fingerprint density at radius 3 is 2.44 bits per heavy atom. The molecule has 0 aliphatic heterocycles. The number of carboxylic acids is 1. The molecule has 92 valence electrons. The first-order valence-electron chi connectivity index (χ1n) is 6.06. The van der Waals surface area contributed by atoms with E-state index >= 15 is 0 Å². The fourth-order valence-corrected chi connectivity index (χ4v) is 2.10. The predicted octanol–water partition coefficient (Wildman–Crippen LogP) is 2.36. The average molecular weight is 228 g/mol. The molecule has 16 heavy (non-hydrogen) atoms. The minimum atomic E-state index is -0.954. The van der Waals surface area contributed by atoms with E-state index in [4.69, 9.17) is 9.84 Å². The normalized spacial score (nSPS) is 17.0. The lowest BCUT2D eigenvalue weighted by Gasteiger charge is -2.20. The summed E-state index contributed by atoms with van der Waals surface area (Å²) in [5.41, 5.74) is 0. The molecule has 1 saturated carbocycles. The second kappa shape index (κ2) is 7.25. The van der Waals surface area contributed by atoms with Gasteiger partial charge in [-0.3, -0.25) is 9.59 Å². The highest BCUT2D eigenvalue weighted by molar-refractivity contribution is 5.76. The lowest BCUT2D eigenvalue weighted by Crippen LogP contribution is -2.13. The molecule has 0 radical (unpaired) electrons. The minimum absolute atomic E-state index is 0.0139. The third kappa shape index (κ3) is 5.73. The molecule has 0 aromatic rings. The number of aliphatic carboxylic acids is 1. The molecule has 1 aliphatic rings.